The molecule has 1 atom stereocenters. The minimum Gasteiger partial charge on any atom is -0.489 e. The van der Waals surface area contributed by atoms with Gasteiger partial charge < -0.3 is 20.6 Å². The molecule has 0 fully saturated rings. The quantitative estimate of drug-likeness (QED) is 0.476. The van der Waals surface area contributed by atoms with Crippen LogP contribution in [0.3, 0.4) is 0 Å². The Morgan fingerprint density at radius 2 is 2.09 bits per heavy atom. The van der Waals surface area contributed by atoms with Gasteiger partial charge in [0.2, 0.25) is 0 Å². The van der Waals surface area contributed by atoms with Gasteiger partial charge in [-0.3, -0.25) is 9.69 Å². The molecule has 4 N–H and O–H groups in total. The van der Waals surface area contributed by atoms with E-state index >= 15 is 0 Å². The Bertz CT molecular complexity index is 1150. The van der Waals surface area contributed by atoms with Crippen LogP contribution in [0.1, 0.15) is 30.5 Å². The summed E-state index contributed by atoms with van der Waals surface area (Å²) in [7, 11) is 1.93. The van der Waals surface area contributed by atoms with E-state index in [0.717, 1.165) is 41.2 Å². The molecule has 2 aromatic carbocycles. The molecular formula is C24H28N6O2. The number of nitrogens with one attached hydrogen (secondary N) is 3. The van der Waals surface area contributed by atoms with Gasteiger partial charge in [-0.25, -0.2) is 0 Å². The first kappa shape index (κ1) is 20.4. The lowest BCUT2D eigenvalue weighted by atomic mass is 9.93. The predicted molar refractivity (Wildman–Crippen MR) is 124 cm³/mol. The third kappa shape index (κ3) is 3.79. The Morgan fingerprint density at radius 3 is 2.91 bits per heavy atom. The van der Waals surface area contributed by atoms with E-state index in [4.69, 9.17) is 4.74 Å². The van der Waals surface area contributed by atoms with Gasteiger partial charge in [0, 0.05) is 30.9 Å². The monoisotopic (exact) mass is 432 g/mol. The topological polar surface area (TPSA) is 86.6 Å². The zero-order valence-electron chi connectivity index (χ0n) is 18.3. The number of hydrazine groups is 2. The minimum absolute atomic E-state index is 0.0177. The first-order valence-corrected chi connectivity index (χ1v) is 10.9. The molecule has 3 heterocycles. The molecule has 166 valence electrons. The number of benzene rings is 2. The summed E-state index contributed by atoms with van der Waals surface area (Å²) < 4.78 is 7.59. The van der Waals surface area contributed by atoms with Gasteiger partial charge in [0.05, 0.1) is 35.9 Å². The summed E-state index contributed by atoms with van der Waals surface area (Å²) in [5.41, 5.74) is 14.4. The lowest BCUT2D eigenvalue weighted by Gasteiger charge is -2.23. The molecule has 0 amide bonds. The number of hydrogen-bond donors (Lipinski definition) is 4. The highest BCUT2D eigenvalue weighted by atomic mass is 16.5. The van der Waals surface area contributed by atoms with Crippen LogP contribution in [0.4, 0.5) is 5.69 Å². The van der Waals surface area contributed by atoms with Crippen LogP contribution in [-0.2, 0) is 7.05 Å². The molecule has 0 bridgehead atoms. The Labute approximate surface area is 187 Å². The van der Waals surface area contributed by atoms with Crippen molar-refractivity contribution >= 4 is 11.4 Å². The number of fused-ring (bicyclic) bond motifs is 3. The molecule has 8 heteroatoms. The number of para-hydroxylation sites is 2. The molecule has 8 nitrogen and oxygen atoms in total. The third-order valence-corrected chi connectivity index (χ3v) is 5.93. The molecule has 0 saturated heterocycles. The van der Waals surface area contributed by atoms with Gasteiger partial charge in [-0.2, -0.15) is 5.10 Å². The van der Waals surface area contributed by atoms with Gasteiger partial charge in [0.15, 0.2) is 0 Å². The predicted octanol–water partition coefficient (Wildman–Crippen LogP) is 3.03. The van der Waals surface area contributed by atoms with E-state index in [9.17, 15) is 5.11 Å². The summed E-state index contributed by atoms with van der Waals surface area (Å²) in [5, 5.41) is 19.4. The summed E-state index contributed by atoms with van der Waals surface area (Å²) in [5.74, 6) is 0.742. The Balaban J connectivity index is 1.57. The Hall–Kier alpha value is -3.49. The van der Waals surface area contributed by atoms with Crippen LogP contribution in [0.25, 0.3) is 16.8 Å². The second-order valence-electron chi connectivity index (χ2n) is 8.12. The second-order valence-corrected chi connectivity index (χ2v) is 8.12. The lowest BCUT2D eigenvalue weighted by Crippen LogP contribution is -2.37. The molecule has 2 aliphatic heterocycles. The van der Waals surface area contributed by atoms with Crippen LogP contribution in [0.15, 0.2) is 60.6 Å². The molecule has 32 heavy (non-hydrogen) atoms. The highest BCUT2D eigenvalue weighted by molar-refractivity contribution is 5.76. The van der Waals surface area contributed by atoms with Crippen molar-refractivity contribution in [1.82, 2.24) is 25.7 Å². The fourth-order valence-corrected chi connectivity index (χ4v) is 4.42. The summed E-state index contributed by atoms with van der Waals surface area (Å²) in [6.45, 7) is 3.18. The summed E-state index contributed by atoms with van der Waals surface area (Å²) in [6.07, 6.45) is 4.83. The van der Waals surface area contributed by atoms with Crippen molar-refractivity contribution in [3.05, 3.63) is 71.7 Å². The van der Waals surface area contributed by atoms with Crippen molar-refractivity contribution in [2.24, 2.45) is 7.05 Å². The SMILES string of the molecule is CC1=C2c3ccc(-c4cnn(C)c4)cc3C(Nc3ccccc3OCCO)CCN2NN1. The number of aliphatic hydroxyl groups is 1. The zero-order valence-corrected chi connectivity index (χ0v) is 18.3. The van der Waals surface area contributed by atoms with E-state index in [1.807, 2.05) is 48.4 Å². The van der Waals surface area contributed by atoms with Gasteiger partial charge in [-0.15, -0.1) is 5.53 Å². The molecule has 0 saturated carbocycles. The van der Waals surface area contributed by atoms with Crippen LogP contribution in [-0.4, -0.2) is 39.7 Å². The van der Waals surface area contributed by atoms with Gasteiger partial charge in [0.25, 0.3) is 0 Å². The van der Waals surface area contributed by atoms with Gasteiger partial charge in [0.1, 0.15) is 12.4 Å². The number of allylic oxidation sites excluding steroid dienone is 1. The molecular weight excluding hydrogens is 404 g/mol. The number of anilines is 1. The molecule has 3 aromatic rings. The van der Waals surface area contributed by atoms with Crippen molar-refractivity contribution in [3.63, 3.8) is 0 Å². The number of ether oxygens (including phenoxy) is 1. The van der Waals surface area contributed by atoms with Crippen molar-refractivity contribution in [2.75, 3.05) is 25.1 Å². The van der Waals surface area contributed by atoms with Crippen molar-refractivity contribution in [2.45, 2.75) is 19.4 Å². The molecule has 5 rings (SSSR count). The van der Waals surface area contributed by atoms with Crippen molar-refractivity contribution in [1.29, 1.82) is 0 Å². The zero-order chi connectivity index (χ0) is 22.1. The standard InChI is InChI=1S/C24H28N6O2/c1-16-24-19-8-7-17(18-14-25-29(2)15-18)13-20(19)21(9-10-30(24)28-27-16)26-22-5-3-4-6-23(22)32-12-11-31/h3-8,13-15,21,26-28,31H,9-12H2,1-2H3. The molecule has 0 spiro atoms. The Kier molecular flexibility index (Phi) is 5.46. The summed E-state index contributed by atoms with van der Waals surface area (Å²) in [6, 6.07) is 14.6. The summed E-state index contributed by atoms with van der Waals surface area (Å²) in [4.78, 5) is 0. The number of aromatic nitrogens is 2. The third-order valence-electron chi connectivity index (χ3n) is 5.93. The van der Waals surface area contributed by atoms with Gasteiger partial charge >= 0.3 is 0 Å². The van der Waals surface area contributed by atoms with Crippen molar-refractivity contribution < 1.29 is 9.84 Å². The molecule has 1 unspecified atom stereocenters. The van der Waals surface area contributed by atoms with Gasteiger partial charge in [-0.1, -0.05) is 24.3 Å². The van der Waals surface area contributed by atoms with Crippen LogP contribution in [0.5, 0.6) is 5.75 Å². The van der Waals surface area contributed by atoms with Crippen LogP contribution in [0.2, 0.25) is 0 Å². The second kappa shape index (κ2) is 8.57. The smallest absolute Gasteiger partial charge is 0.142 e. The molecule has 0 radical (unpaired) electrons. The van der Waals surface area contributed by atoms with Crippen molar-refractivity contribution in [3.8, 4) is 16.9 Å². The molecule has 2 aliphatic rings. The first-order chi connectivity index (χ1) is 15.6. The maximum atomic E-state index is 9.19. The average Bonchev–Trinajstić information content (AvgIpc) is 3.36. The van der Waals surface area contributed by atoms with Crippen LogP contribution in [0, 0.1) is 0 Å². The number of aryl methyl sites for hydroxylation is 1. The van der Waals surface area contributed by atoms with Crippen LogP contribution >= 0.6 is 0 Å². The average molecular weight is 433 g/mol. The fraction of sp³-hybridized carbons (Fsp3) is 0.292. The maximum Gasteiger partial charge on any atom is 0.142 e. The molecule has 1 aromatic heterocycles. The first-order valence-electron chi connectivity index (χ1n) is 10.9. The number of aliphatic hydroxyl groups excluding tert-OH is 1. The minimum atomic E-state index is -0.0177. The lowest BCUT2D eigenvalue weighted by molar-refractivity contribution is 0.202. The normalized spacial score (nSPS) is 17.5. The number of nitrogens with zero attached hydrogens (tertiary/aromatic N) is 3. The van der Waals surface area contributed by atoms with E-state index in [2.05, 4.69) is 51.5 Å². The number of rotatable bonds is 6. The highest BCUT2D eigenvalue weighted by Gasteiger charge is 2.30. The Morgan fingerprint density at radius 1 is 1.22 bits per heavy atom. The number of hydrogen-bond acceptors (Lipinski definition) is 7. The fourth-order valence-electron chi connectivity index (χ4n) is 4.42. The highest BCUT2D eigenvalue weighted by Crippen LogP contribution is 2.40. The van der Waals surface area contributed by atoms with Gasteiger partial charge in [-0.05, 0) is 42.7 Å². The molecule has 0 aliphatic carbocycles. The van der Waals surface area contributed by atoms with E-state index < -0.39 is 0 Å². The van der Waals surface area contributed by atoms with E-state index in [0.29, 0.717) is 0 Å². The van der Waals surface area contributed by atoms with Crippen LogP contribution < -0.4 is 21.0 Å². The van der Waals surface area contributed by atoms with E-state index in [1.54, 1.807) is 0 Å². The van der Waals surface area contributed by atoms with E-state index in [-0.39, 0.29) is 19.3 Å². The largest absolute Gasteiger partial charge is 0.489 e. The van der Waals surface area contributed by atoms with E-state index in [1.165, 1.54) is 16.8 Å². The summed E-state index contributed by atoms with van der Waals surface area (Å²) >= 11 is 0. The maximum absolute atomic E-state index is 9.19.